The van der Waals surface area contributed by atoms with Gasteiger partial charge in [0.05, 0.1) is 5.56 Å². The van der Waals surface area contributed by atoms with Crippen LogP contribution in [0.25, 0.3) is 6.08 Å². The second kappa shape index (κ2) is 5.22. The molecule has 1 atom stereocenters. The number of ether oxygens (including phenoxy) is 1. The summed E-state index contributed by atoms with van der Waals surface area (Å²) < 4.78 is 5.53. The maximum absolute atomic E-state index is 12.4. The topological polar surface area (TPSA) is 63.6 Å². The fourth-order valence-electron chi connectivity index (χ4n) is 3.63. The molecule has 0 amide bonds. The third kappa shape index (κ3) is 2.46. The van der Waals surface area contributed by atoms with Gasteiger partial charge >= 0.3 is 11.9 Å². The number of rotatable bonds is 3. The van der Waals surface area contributed by atoms with Crippen molar-refractivity contribution in [3.05, 3.63) is 40.0 Å². The highest BCUT2D eigenvalue weighted by molar-refractivity contribution is 6.01. The van der Waals surface area contributed by atoms with Gasteiger partial charge in [0.2, 0.25) is 0 Å². The van der Waals surface area contributed by atoms with Gasteiger partial charge in [-0.15, -0.1) is 0 Å². The monoisotopic (exact) mass is 314 g/mol. The summed E-state index contributed by atoms with van der Waals surface area (Å²) in [4.78, 5) is 23.8. The van der Waals surface area contributed by atoms with Crippen LogP contribution in [0.2, 0.25) is 0 Å². The molecule has 0 saturated carbocycles. The predicted octanol–water partition coefficient (Wildman–Crippen LogP) is 4.09. The van der Waals surface area contributed by atoms with Crippen LogP contribution in [-0.2, 0) is 14.9 Å². The first kappa shape index (κ1) is 15.8. The summed E-state index contributed by atoms with van der Waals surface area (Å²) in [5, 5.41) is 9.38. The van der Waals surface area contributed by atoms with Crippen molar-refractivity contribution >= 4 is 18.0 Å². The van der Waals surface area contributed by atoms with Gasteiger partial charge in [-0.25, -0.2) is 9.59 Å². The van der Waals surface area contributed by atoms with Crippen LogP contribution < -0.4 is 0 Å². The van der Waals surface area contributed by atoms with Gasteiger partial charge in [0.1, 0.15) is 6.10 Å². The molecule has 0 fully saturated rings. The Morgan fingerprint density at radius 1 is 1.39 bits per heavy atom. The highest BCUT2D eigenvalue weighted by Gasteiger charge is 2.42. The number of aliphatic carboxylic acids is 1. The highest BCUT2D eigenvalue weighted by atomic mass is 16.5. The Bertz CT molecular complexity index is 725. The van der Waals surface area contributed by atoms with Crippen molar-refractivity contribution in [1.82, 2.24) is 0 Å². The number of carbonyl (C=O) groups excluding carboxylic acids is 1. The van der Waals surface area contributed by atoms with Crippen molar-refractivity contribution in [3.63, 3.8) is 0 Å². The van der Waals surface area contributed by atoms with Crippen LogP contribution in [0, 0.1) is 5.92 Å². The summed E-state index contributed by atoms with van der Waals surface area (Å²) >= 11 is 0. The molecule has 0 saturated heterocycles. The van der Waals surface area contributed by atoms with E-state index in [1.807, 2.05) is 26.0 Å². The average Bonchev–Trinajstić information content (AvgIpc) is 2.79. The molecule has 1 unspecified atom stereocenters. The van der Waals surface area contributed by atoms with Gasteiger partial charge in [-0.1, -0.05) is 39.8 Å². The minimum atomic E-state index is -0.951. The highest BCUT2D eigenvalue weighted by Crippen LogP contribution is 2.49. The van der Waals surface area contributed by atoms with Crippen molar-refractivity contribution in [2.75, 3.05) is 0 Å². The molecular weight excluding hydrogens is 292 g/mol. The Morgan fingerprint density at radius 2 is 2.09 bits per heavy atom. The van der Waals surface area contributed by atoms with Gasteiger partial charge in [-0.3, -0.25) is 0 Å². The average molecular weight is 314 g/mol. The summed E-state index contributed by atoms with van der Waals surface area (Å²) in [7, 11) is 0. The van der Waals surface area contributed by atoms with Crippen molar-refractivity contribution in [1.29, 1.82) is 0 Å². The van der Waals surface area contributed by atoms with Crippen LogP contribution in [0.1, 0.15) is 73.7 Å². The lowest BCUT2D eigenvalue weighted by atomic mass is 9.70. The predicted molar refractivity (Wildman–Crippen MR) is 87.3 cm³/mol. The Kier molecular flexibility index (Phi) is 3.58. The molecule has 1 N–H and O–H groups in total. The van der Waals surface area contributed by atoms with Gasteiger partial charge in [-0.2, -0.15) is 0 Å². The molecule has 1 aromatic rings. The molecular formula is C19H22O4. The first-order valence-electron chi connectivity index (χ1n) is 8.05. The number of benzene rings is 1. The Balaban J connectivity index is 2.22. The zero-order chi connectivity index (χ0) is 16.9. The lowest BCUT2D eigenvalue weighted by Gasteiger charge is -2.34. The van der Waals surface area contributed by atoms with Crippen LogP contribution in [0.15, 0.2) is 17.7 Å². The van der Waals surface area contributed by atoms with E-state index >= 15 is 0 Å². The molecule has 1 heterocycles. The van der Waals surface area contributed by atoms with Crippen LogP contribution >= 0.6 is 0 Å². The summed E-state index contributed by atoms with van der Waals surface area (Å²) in [5.74, 6) is -1.40. The molecule has 0 spiro atoms. The molecule has 0 radical (unpaired) electrons. The molecule has 1 aliphatic carbocycles. The molecule has 0 bridgehead atoms. The first-order chi connectivity index (χ1) is 10.7. The minimum Gasteiger partial charge on any atom is -0.478 e. The molecule has 23 heavy (non-hydrogen) atoms. The Morgan fingerprint density at radius 3 is 2.70 bits per heavy atom. The quantitative estimate of drug-likeness (QED) is 0.674. The van der Waals surface area contributed by atoms with Crippen molar-refractivity contribution in [2.24, 2.45) is 5.92 Å². The standard InChI is InChI=1S/C19H22O4/c1-10(2)12(17(20)21)9-11-5-6-13-16-14(7-8-19(13,3)4)23-18(22)15(11)16/h5-6,9-10,14H,7-8H2,1-4H3,(H,20,21)/b12-9-. The second-order valence-electron chi connectivity index (χ2n) is 7.37. The normalized spacial score (nSPS) is 22.0. The fourth-order valence-corrected chi connectivity index (χ4v) is 3.63. The maximum Gasteiger partial charge on any atom is 0.339 e. The molecule has 4 nitrogen and oxygen atoms in total. The number of carbonyl (C=O) groups is 2. The van der Waals surface area contributed by atoms with Crippen LogP contribution in [0.4, 0.5) is 0 Å². The number of esters is 1. The molecule has 4 heteroatoms. The summed E-state index contributed by atoms with van der Waals surface area (Å²) in [5.41, 5.74) is 3.62. The first-order valence-corrected chi connectivity index (χ1v) is 8.05. The lowest BCUT2D eigenvalue weighted by Crippen LogP contribution is -2.25. The molecule has 122 valence electrons. The van der Waals surface area contributed by atoms with E-state index in [-0.39, 0.29) is 23.4 Å². The fraction of sp³-hybridized carbons (Fsp3) is 0.474. The smallest absolute Gasteiger partial charge is 0.339 e. The van der Waals surface area contributed by atoms with E-state index in [1.54, 1.807) is 6.08 Å². The second-order valence-corrected chi connectivity index (χ2v) is 7.37. The molecule has 2 aliphatic rings. The van der Waals surface area contributed by atoms with Crippen LogP contribution in [-0.4, -0.2) is 17.0 Å². The number of hydrogen-bond acceptors (Lipinski definition) is 3. The molecule has 3 rings (SSSR count). The van der Waals surface area contributed by atoms with Gasteiger partial charge in [-0.05, 0) is 41.4 Å². The van der Waals surface area contributed by atoms with E-state index in [0.29, 0.717) is 16.7 Å². The van der Waals surface area contributed by atoms with E-state index in [0.717, 1.165) is 24.0 Å². The van der Waals surface area contributed by atoms with E-state index in [4.69, 9.17) is 4.74 Å². The van der Waals surface area contributed by atoms with Gasteiger partial charge in [0, 0.05) is 11.1 Å². The zero-order valence-corrected chi connectivity index (χ0v) is 14.0. The van der Waals surface area contributed by atoms with Crippen molar-refractivity contribution < 1.29 is 19.4 Å². The third-order valence-corrected chi connectivity index (χ3v) is 4.99. The molecule has 1 aliphatic heterocycles. The summed E-state index contributed by atoms with van der Waals surface area (Å²) in [6.45, 7) is 8.02. The van der Waals surface area contributed by atoms with Crippen molar-refractivity contribution in [3.8, 4) is 0 Å². The van der Waals surface area contributed by atoms with Gasteiger partial charge in [0.25, 0.3) is 0 Å². The summed E-state index contributed by atoms with van der Waals surface area (Å²) in [6, 6.07) is 3.88. The van der Waals surface area contributed by atoms with Crippen LogP contribution in [0.5, 0.6) is 0 Å². The number of carboxylic acid groups (broad SMARTS) is 1. The van der Waals surface area contributed by atoms with Crippen LogP contribution in [0.3, 0.4) is 0 Å². The summed E-state index contributed by atoms with van der Waals surface area (Å²) in [6.07, 6.45) is 3.23. The van der Waals surface area contributed by atoms with E-state index in [1.165, 1.54) is 0 Å². The minimum absolute atomic E-state index is 0.00445. The van der Waals surface area contributed by atoms with Gasteiger partial charge < -0.3 is 9.84 Å². The molecule has 1 aromatic carbocycles. The lowest BCUT2D eigenvalue weighted by molar-refractivity contribution is -0.133. The molecule has 0 aromatic heterocycles. The van der Waals surface area contributed by atoms with E-state index in [2.05, 4.69) is 13.8 Å². The van der Waals surface area contributed by atoms with E-state index in [9.17, 15) is 14.7 Å². The Labute approximate surface area is 136 Å². The van der Waals surface area contributed by atoms with Crippen molar-refractivity contribution in [2.45, 2.75) is 52.1 Å². The van der Waals surface area contributed by atoms with E-state index < -0.39 is 5.97 Å². The third-order valence-electron chi connectivity index (χ3n) is 4.99. The SMILES string of the molecule is CC(C)/C(=C/c1ccc2c3c1C(=O)OC3CCC2(C)C)C(=O)O. The zero-order valence-electron chi connectivity index (χ0n) is 14.0. The van der Waals surface area contributed by atoms with Gasteiger partial charge in [0.15, 0.2) is 0 Å². The number of carboxylic acids is 1. The largest absolute Gasteiger partial charge is 0.478 e. The Hall–Kier alpha value is -2.10. The maximum atomic E-state index is 12.4. The number of hydrogen-bond donors (Lipinski definition) is 1.